The molecule has 5 nitrogen and oxygen atoms in total. The van der Waals surface area contributed by atoms with Gasteiger partial charge < -0.3 is 10.3 Å². The van der Waals surface area contributed by atoms with E-state index >= 15 is 0 Å². The highest BCUT2D eigenvalue weighted by molar-refractivity contribution is 5.74. The Labute approximate surface area is 113 Å². The SMILES string of the molecule is [2H]N1CCN(Cc2ccc3nc(C)c(=O)[nH]c3c2)CC1. The van der Waals surface area contributed by atoms with E-state index in [1.54, 1.807) is 12.2 Å². The number of aromatic nitrogens is 2. The molecule has 1 aromatic heterocycles. The molecule has 100 valence electrons. The van der Waals surface area contributed by atoms with Crippen molar-refractivity contribution in [2.45, 2.75) is 13.5 Å². The Bertz CT molecular complexity index is 676. The minimum Gasteiger partial charge on any atom is -0.319 e. The van der Waals surface area contributed by atoms with Crippen LogP contribution in [-0.4, -0.2) is 41.0 Å². The lowest BCUT2D eigenvalue weighted by Gasteiger charge is -2.27. The van der Waals surface area contributed by atoms with Crippen molar-refractivity contribution in [1.29, 1.82) is 0 Å². The van der Waals surface area contributed by atoms with Crippen LogP contribution in [0.3, 0.4) is 0 Å². The van der Waals surface area contributed by atoms with Crippen molar-refractivity contribution >= 4 is 11.0 Å². The van der Waals surface area contributed by atoms with Gasteiger partial charge in [-0.1, -0.05) is 6.07 Å². The van der Waals surface area contributed by atoms with Gasteiger partial charge in [0.1, 0.15) is 7.11 Å². The number of nitrogens with zero attached hydrogens (tertiary/aromatic N) is 2. The standard InChI is InChI=1S/C14H18N4O/c1-10-14(19)17-13-8-11(2-3-12(13)16-10)9-18-6-4-15-5-7-18/h2-3,8,15H,4-7,9H2,1H3,(H,17,19)/i/hD. The van der Waals surface area contributed by atoms with Crippen LogP contribution in [0.2, 0.25) is 1.41 Å². The summed E-state index contributed by atoms with van der Waals surface area (Å²) in [5.41, 5.74) is 3.14. The first-order valence-electron chi connectivity index (χ1n) is 7.02. The molecule has 0 saturated carbocycles. The Morgan fingerprint density at radius 2 is 2.21 bits per heavy atom. The second kappa shape index (κ2) is 5.11. The number of nitrogens with one attached hydrogen (secondary N) is 2. The average Bonchev–Trinajstić information content (AvgIpc) is 2.43. The lowest BCUT2D eigenvalue weighted by molar-refractivity contribution is 0.233. The molecule has 1 aliphatic heterocycles. The number of aromatic amines is 1. The molecule has 0 spiro atoms. The Kier molecular flexibility index (Phi) is 2.99. The number of rotatable bonds is 2. The maximum absolute atomic E-state index is 11.6. The van der Waals surface area contributed by atoms with Crippen molar-refractivity contribution in [1.82, 2.24) is 20.2 Å². The van der Waals surface area contributed by atoms with Gasteiger partial charge in [-0.05, 0) is 24.6 Å². The number of aryl methyl sites for hydroxylation is 1. The Morgan fingerprint density at radius 1 is 1.42 bits per heavy atom. The van der Waals surface area contributed by atoms with Crippen LogP contribution in [-0.2, 0) is 6.54 Å². The highest BCUT2D eigenvalue weighted by atomic mass is 16.1. The maximum Gasteiger partial charge on any atom is 0.269 e. The van der Waals surface area contributed by atoms with Crippen LogP contribution in [0.25, 0.3) is 11.0 Å². The third-order valence-corrected chi connectivity index (χ3v) is 3.48. The highest BCUT2D eigenvalue weighted by Gasteiger charge is 2.10. The zero-order valence-electron chi connectivity index (χ0n) is 12.0. The lowest BCUT2D eigenvalue weighted by atomic mass is 10.1. The summed E-state index contributed by atoms with van der Waals surface area (Å²) in [6.07, 6.45) is 0. The number of benzene rings is 1. The predicted molar refractivity (Wildman–Crippen MR) is 75.2 cm³/mol. The molecule has 1 fully saturated rings. The third-order valence-electron chi connectivity index (χ3n) is 3.48. The molecule has 1 saturated heterocycles. The molecule has 2 heterocycles. The van der Waals surface area contributed by atoms with Crippen LogP contribution in [0.1, 0.15) is 11.3 Å². The van der Waals surface area contributed by atoms with Crippen molar-refractivity contribution in [3.05, 3.63) is 39.8 Å². The van der Waals surface area contributed by atoms with Crippen LogP contribution in [0.4, 0.5) is 0 Å². The van der Waals surface area contributed by atoms with Gasteiger partial charge in [-0.3, -0.25) is 9.69 Å². The summed E-state index contributed by atoms with van der Waals surface area (Å²) < 4.78 is 7.55. The molecule has 2 aromatic rings. The van der Waals surface area contributed by atoms with E-state index in [0.29, 0.717) is 5.69 Å². The molecular weight excluding hydrogens is 240 g/mol. The van der Waals surface area contributed by atoms with Gasteiger partial charge in [0, 0.05) is 32.7 Å². The van der Waals surface area contributed by atoms with E-state index in [0.717, 1.165) is 49.3 Å². The lowest BCUT2D eigenvalue weighted by Crippen LogP contribution is -2.42. The van der Waals surface area contributed by atoms with E-state index in [-0.39, 0.29) is 5.56 Å². The van der Waals surface area contributed by atoms with E-state index in [2.05, 4.69) is 20.9 Å². The smallest absolute Gasteiger partial charge is 0.269 e. The normalized spacial score (nSPS) is 18.7. The van der Waals surface area contributed by atoms with Gasteiger partial charge in [-0.2, -0.15) is 0 Å². The first-order chi connectivity index (χ1) is 9.61. The number of fused-ring (bicyclic) bond motifs is 1. The van der Waals surface area contributed by atoms with E-state index in [4.69, 9.17) is 1.41 Å². The molecule has 3 rings (SSSR count). The van der Waals surface area contributed by atoms with Gasteiger partial charge in [-0.25, -0.2) is 4.98 Å². The number of hydrogen-bond donors (Lipinski definition) is 2. The van der Waals surface area contributed by atoms with Crippen LogP contribution >= 0.6 is 0 Å². The molecule has 0 unspecified atom stereocenters. The Morgan fingerprint density at radius 3 is 3.00 bits per heavy atom. The van der Waals surface area contributed by atoms with E-state index in [1.807, 2.05) is 12.1 Å². The fourth-order valence-electron chi connectivity index (χ4n) is 2.39. The molecule has 0 aliphatic carbocycles. The van der Waals surface area contributed by atoms with Gasteiger partial charge in [0.2, 0.25) is 0 Å². The summed E-state index contributed by atoms with van der Waals surface area (Å²) in [6.45, 7) is 5.94. The summed E-state index contributed by atoms with van der Waals surface area (Å²) in [7, 11) is 0. The van der Waals surface area contributed by atoms with E-state index < -0.39 is 0 Å². The van der Waals surface area contributed by atoms with Gasteiger partial charge in [0.25, 0.3) is 5.56 Å². The fourth-order valence-corrected chi connectivity index (χ4v) is 2.39. The van der Waals surface area contributed by atoms with Crippen molar-refractivity contribution < 1.29 is 1.41 Å². The van der Waals surface area contributed by atoms with Crippen LogP contribution in [0, 0.1) is 6.92 Å². The first-order valence-corrected chi connectivity index (χ1v) is 6.57. The fraction of sp³-hybridized carbons (Fsp3) is 0.429. The van der Waals surface area contributed by atoms with Crippen molar-refractivity contribution in [3.63, 3.8) is 0 Å². The molecule has 1 aromatic carbocycles. The molecule has 5 heteroatoms. The van der Waals surface area contributed by atoms with Crippen molar-refractivity contribution in [2.75, 3.05) is 26.2 Å². The zero-order chi connectivity index (χ0) is 14.1. The summed E-state index contributed by atoms with van der Waals surface area (Å²) >= 11 is 0. The molecule has 0 bridgehead atoms. The average molecular weight is 259 g/mol. The maximum atomic E-state index is 11.6. The molecule has 2 N–H and O–H groups in total. The molecule has 0 radical (unpaired) electrons. The van der Waals surface area contributed by atoms with Gasteiger partial charge in [0.05, 0.1) is 11.0 Å². The van der Waals surface area contributed by atoms with Gasteiger partial charge in [-0.15, -0.1) is 0 Å². The summed E-state index contributed by atoms with van der Waals surface area (Å²) in [4.78, 5) is 21.1. The second-order valence-electron chi connectivity index (χ2n) is 4.95. The predicted octanol–water partition coefficient (Wildman–Crippen LogP) is 0.637. The first kappa shape index (κ1) is 11.1. The van der Waals surface area contributed by atoms with Crippen LogP contribution in [0.15, 0.2) is 23.0 Å². The highest BCUT2D eigenvalue weighted by Crippen LogP contribution is 2.13. The Hall–Kier alpha value is -1.72. The number of H-pyrrole nitrogens is 1. The molecule has 0 atom stereocenters. The quantitative estimate of drug-likeness (QED) is 0.831. The number of hydrogen-bond acceptors (Lipinski definition) is 4. The van der Waals surface area contributed by atoms with Crippen LogP contribution in [0.5, 0.6) is 0 Å². The summed E-state index contributed by atoms with van der Waals surface area (Å²) in [5, 5.41) is 1.60. The molecule has 1 aliphatic rings. The largest absolute Gasteiger partial charge is 0.319 e. The second-order valence-corrected chi connectivity index (χ2v) is 4.95. The molecule has 0 amide bonds. The monoisotopic (exact) mass is 259 g/mol. The molecular formula is C14H18N4O. The topological polar surface area (TPSA) is 61.0 Å². The van der Waals surface area contributed by atoms with Crippen molar-refractivity contribution in [3.8, 4) is 0 Å². The van der Waals surface area contributed by atoms with E-state index in [9.17, 15) is 4.79 Å². The summed E-state index contributed by atoms with van der Waals surface area (Å²) in [5.74, 6) is 0. The van der Waals surface area contributed by atoms with Crippen LogP contribution < -0.4 is 10.9 Å². The zero-order valence-corrected chi connectivity index (χ0v) is 11.0. The third kappa shape index (κ3) is 2.67. The summed E-state index contributed by atoms with van der Waals surface area (Å²) in [6, 6.07) is 6.00. The molecule has 19 heavy (non-hydrogen) atoms. The van der Waals surface area contributed by atoms with Crippen molar-refractivity contribution in [2.24, 2.45) is 0 Å². The minimum atomic E-state index is -0.127. The van der Waals surface area contributed by atoms with E-state index in [1.165, 1.54) is 0 Å². The van der Waals surface area contributed by atoms with Gasteiger partial charge in [0.15, 0.2) is 0 Å². The minimum absolute atomic E-state index is 0.127. The number of piperazine rings is 1. The van der Waals surface area contributed by atoms with Gasteiger partial charge >= 0.3 is 0 Å². The Balaban J connectivity index is 1.82.